The van der Waals surface area contributed by atoms with E-state index < -0.39 is 23.9 Å². The van der Waals surface area contributed by atoms with Gasteiger partial charge in [-0.25, -0.2) is 4.79 Å². The van der Waals surface area contributed by atoms with Crippen molar-refractivity contribution >= 4 is 56.5 Å². The number of fused-ring (bicyclic) bond motifs is 6. The van der Waals surface area contributed by atoms with E-state index in [0.29, 0.717) is 44.1 Å². The van der Waals surface area contributed by atoms with Gasteiger partial charge in [-0.1, -0.05) is 0 Å². The summed E-state index contributed by atoms with van der Waals surface area (Å²) in [6.07, 6.45) is 3.53. The van der Waals surface area contributed by atoms with Crippen LogP contribution in [0.4, 0.5) is 4.79 Å². The zero-order chi connectivity index (χ0) is 31.8. The second-order valence-corrected chi connectivity index (χ2v) is 10.4. The number of carbonyl (C=O) groups is 4. The Morgan fingerprint density at radius 3 is 2.40 bits per heavy atom. The molecule has 2 aliphatic heterocycles. The Morgan fingerprint density at radius 2 is 1.67 bits per heavy atom. The summed E-state index contributed by atoms with van der Waals surface area (Å²) in [7, 11) is 4.54. The fourth-order valence-corrected chi connectivity index (χ4v) is 5.27. The van der Waals surface area contributed by atoms with Gasteiger partial charge in [-0.2, -0.15) is 0 Å². The van der Waals surface area contributed by atoms with Gasteiger partial charge in [0.1, 0.15) is 6.61 Å². The van der Waals surface area contributed by atoms with Gasteiger partial charge in [0.05, 0.1) is 30.1 Å². The minimum atomic E-state index is -0.761. The average molecular weight is 617 g/mol. The van der Waals surface area contributed by atoms with Crippen molar-refractivity contribution in [3.05, 3.63) is 53.0 Å². The molecule has 0 fully saturated rings. The average Bonchev–Trinajstić information content (AvgIpc) is 3.62. The Kier molecular flexibility index (Phi) is 7.71. The van der Waals surface area contributed by atoms with Gasteiger partial charge >= 0.3 is 12.1 Å². The van der Waals surface area contributed by atoms with Crippen LogP contribution in [-0.2, 0) is 26.2 Å². The minimum absolute atomic E-state index is 0.00114. The summed E-state index contributed by atoms with van der Waals surface area (Å²) >= 11 is 0. The lowest BCUT2D eigenvalue weighted by atomic mass is 10.0. The molecule has 232 valence electrons. The molecule has 0 unspecified atom stereocenters. The molecular formula is C31H28N4O10. The number of hydrogen-bond donors (Lipinski definition) is 0. The predicted octanol–water partition coefficient (Wildman–Crippen LogP) is 2.66. The summed E-state index contributed by atoms with van der Waals surface area (Å²) in [5.41, 5.74) is 0.962. The quantitative estimate of drug-likeness (QED) is 0.155. The fourth-order valence-electron chi connectivity index (χ4n) is 5.27. The molecule has 14 heteroatoms. The molecular weight excluding hydrogens is 588 g/mol. The van der Waals surface area contributed by atoms with E-state index in [0.717, 1.165) is 4.90 Å². The third-order valence-corrected chi connectivity index (χ3v) is 7.66. The molecule has 14 nitrogen and oxygen atoms in total. The number of rotatable bonds is 9. The maximum absolute atomic E-state index is 13.6. The number of likely N-dealkylation sites (N-methyl/N-ethyl adjacent to an activating group) is 1. The van der Waals surface area contributed by atoms with Crippen LogP contribution >= 0.6 is 0 Å². The molecule has 4 aromatic rings. The summed E-state index contributed by atoms with van der Waals surface area (Å²) < 4.78 is 28.8. The molecule has 2 aliphatic rings. The topological polar surface area (TPSA) is 156 Å². The highest BCUT2D eigenvalue weighted by Crippen LogP contribution is 2.40. The maximum Gasteiger partial charge on any atom is 0.415 e. The Morgan fingerprint density at radius 1 is 0.956 bits per heavy atom. The highest BCUT2D eigenvalue weighted by atomic mass is 16.7. The van der Waals surface area contributed by atoms with Crippen molar-refractivity contribution in [2.75, 3.05) is 40.6 Å². The van der Waals surface area contributed by atoms with Gasteiger partial charge in [0, 0.05) is 67.6 Å². The molecule has 0 saturated carbocycles. The van der Waals surface area contributed by atoms with Crippen molar-refractivity contribution in [3.63, 3.8) is 0 Å². The molecule has 0 radical (unpaired) electrons. The zero-order valence-corrected chi connectivity index (χ0v) is 24.7. The van der Waals surface area contributed by atoms with E-state index in [1.165, 1.54) is 41.8 Å². The van der Waals surface area contributed by atoms with Gasteiger partial charge in [0.25, 0.3) is 17.4 Å². The van der Waals surface area contributed by atoms with E-state index in [1.54, 1.807) is 31.4 Å². The van der Waals surface area contributed by atoms with Crippen LogP contribution in [0.3, 0.4) is 0 Å². The molecule has 0 saturated heterocycles. The van der Waals surface area contributed by atoms with E-state index in [1.807, 2.05) is 0 Å². The van der Waals surface area contributed by atoms with Gasteiger partial charge in [-0.3, -0.25) is 29.1 Å². The number of methoxy groups -OCH3 is 1. The standard InChI is InChI=1S/C31H28N4O10/c1-33(9-10-42-28(38)5-4-8-35-26(36)6-7-27(35)37)31(40)45-25-12-18-17(11-22(25)41-3)20-15-32-21-14-24-23(43-16-44-24)13-19(21)29(20)34(2)30(18)39/h6-7,11-15H,4-5,8-10,16H2,1-3H3. The molecule has 2 aromatic heterocycles. The first kappa shape index (κ1) is 29.4. The zero-order valence-electron chi connectivity index (χ0n) is 24.7. The van der Waals surface area contributed by atoms with Crippen molar-refractivity contribution in [2.45, 2.75) is 12.8 Å². The highest BCUT2D eigenvalue weighted by molar-refractivity contribution is 6.15. The Hall–Kier alpha value is -5.66. The molecule has 0 spiro atoms. The molecule has 4 heterocycles. The lowest BCUT2D eigenvalue weighted by Gasteiger charge is -2.19. The summed E-state index contributed by atoms with van der Waals surface area (Å²) in [5, 5.41) is 2.25. The van der Waals surface area contributed by atoms with E-state index >= 15 is 0 Å². The number of nitrogens with zero attached hydrogens (tertiary/aromatic N) is 4. The molecule has 2 aromatic carbocycles. The van der Waals surface area contributed by atoms with Gasteiger partial charge in [-0.15, -0.1) is 0 Å². The first-order chi connectivity index (χ1) is 21.7. The van der Waals surface area contributed by atoms with Crippen LogP contribution in [0.1, 0.15) is 12.8 Å². The molecule has 0 bridgehead atoms. The Bertz CT molecular complexity index is 1980. The smallest absolute Gasteiger partial charge is 0.415 e. The summed E-state index contributed by atoms with van der Waals surface area (Å²) in [5.74, 6) is 0.0492. The van der Waals surface area contributed by atoms with Gasteiger partial charge in [0.15, 0.2) is 23.0 Å². The number of hydrogen-bond acceptors (Lipinski definition) is 11. The van der Waals surface area contributed by atoms with Crippen molar-refractivity contribution in [1.29, 1.82) is 0 Å². The molecule has 0 aliphatic carbocycles. The summed E-state index contributed by atoms with van der Waals surface area (Å²) in [6.45, 7) is 0.140. The number of amides is 3. The highest BCUT2D eigenvalue weighted by Gasteiger charge is 2.24. The molecule has 45 heavy (non-hydrogen) atoms. The first-order valence-corrected chi connectivity index (χ1v) is 14.0. The van der Waals surface area contributed by atoms with Crippen LogP contribution < -0.4 is 24.5 Å². The van der Waals surface area contributed by atoms with Crippen molar-refractivity contribution in [3.8, 4) is 23.0 Å². The van der Waals surface area contributed by atoms with E-state index in [9.17, 15) is 24.0 Å². The SMILES string of the molecule is COc1cc2c(cc1OC(=O)N(C)CCOC(=O)CCCN1C(=O)C=CC1=O)c(=O)n(C)c1c3cc4c(cc3ncc21)OCO4. The number of ether oxygens (including phenoxy) is 5. The van der Waals surface area contributed by atoms with Crippen LogP contribution in [0.2, 0.25) is 0 Å². The lowest BCUT2D eigenvalue weighted by Crippen LogP contribution is -2.33. The largest absolute Gasteiger partial charge is 0.493 e. The molecule has 6 rings (SSSR count). The predicted molar refractivity (Wildman–Crippen MR) is 159 cm³/mol. The lowest BCUT2D eigenvalue weighted by molar-refractivity contribution is -0.145. The van der Waals surface area contributed by atoms with Gasteiger partial charge < -0.3 is 33.2 Å². The molecule has 0 N–H and O–H groups in total. The number of imide groups is 1. The molecule has 0 atom stereocenters. The van der Waals surface area contributed by atoms with E-state index in [2.05, 4.69) is 4.98 Å². The normalized spacial score (nSPS) is 13.7. The maximum atomic E-state index is 13.6. The van der Waals surface area contributed by atoms with Crippen LogP contribution in [0, 0.1) is 0 Å². The second-order valence-electron chi connectivity index (χ2n) is 10.4. The van der Waals surface area contributed by atoms with Crippen molar-refractivity contribution in [2.24, 2.45) is 7.05 Å². The number of aryl methyl sites for hydroxylation is 1. The first-order valence-electron chi connectivity index (χ1n) is 14.0. The van der Waals surface area contributed by atoms with Crippen LogP contribution in [-0.4, -0.2) is 83.9 Å². The Balaban J connectivity index is 1.15. The van der Waals surface area contributed by atoms with Crippen molar-refractivity contribution < 1.29 is 42.9 Å². The Labute approximate surface area is 255 Å². The summed E-state index contributed by atoms with van der Waals surface area (Å²) in [6, 6.07) is 6.65. The molecule has 3 amide bonds. The third-order valence-electron chi connectivity index (χ3n) is 7.66. The van der Waals surface area contributed by atoms with E-state index in [4.69, 9.17) is 23.7 Å². The van der Waals surface area contributed by atoms with E-state index in [-0.39, 0.29) is 56.4 Å². The van der Waals surface area contributed by atoms with Crippen LogP contribution in [0.15, 0.2) is 47.4 Å². The number of pyridine rings is 2. The second kappa shape index (κ2) is 11.8. The van der Waals surface area contributed by atoms with Crippen LogP contribution in [0.25, 0.3) is 32.6 Å². The number of esters is 1. The third kappa shape index (κ3) is 5.46. The van der Waals surface area contributed by atoms with Crippen molar-refractivity contribution in [1.82, 2.24) is 19.4 Å². The monoisotopic (exact) mass is 616 g/mol. The number of aromatic nitrogens is 2. The fraction of sp³-hybridized carbons (Fsp3) is 0.290. The van der Waals surface area contributed by atoms with Gasteiger partial charge in [0.2, 0.25) is 6.79 Å². The number of carbonyl (C=O) groups excluding carboxylic acids is 4. The van der Waals surface area contributed by atoms with Crippen LogP contribution in [0.5, 0.6) is 23.0 Å². The number of benzene rings is 2. The summed E-state index contributed by atoms with van der Waals surface area (Å²) in [4.78, 5) is 68.6. The van der Waals surface area contributed by atoms with Gasteiger partial charge in [-0.05, 0) is 24.6 Å². The minimum Gasteiger partial charge on any atom is -0.493 e.